The van der Waals surface area contributed by atoms with Crippen molar-refractivity contribution < 1.29 is 4.74 Å². The highest BCUT2D eigenvalue weighted by Crippen LogP contribution is 2.22. The number of piperazine rings is 1. The molecule has 2 aromatic heterocycles. The Morgan fingerprint density at radius 3 is 2.43 bits per heavy atom. The van der Waals surface area contributed by atoms with E-state index in [1.165, 1.54) is 5.56 Å². The van der Waals surface area contributed by atoms with Crippen molar-refractivity contribution in [2.75, 3.05) is 38.2 Å². The smallest absolute Gasteiger partial charge is 0.140 e. The quantitative estimate of drug-likeness (QED) is 0.551. The van der Waals surface area contributed by atoms with Gasteiger partial charge in [0.2, 0.25) is 0 Å². The number of para-hydroxylation sites is 2. The van der Waals surface area contributed by atoms with Gasteiger partial charge < -0.3 is 14.6 Å². The standard InChI is InChI=1S/C24H25N5O/c1-30-20-9-6-18(7-10-20)17-28-12-14-29(15-13-28)23-11-8-19(16-25-23)24-26-21-4-2-3-5-22(21)27-24/h2-11,16H,12-15,17H2,1H3,(H,26,27). The summed E-state index contributed by atoms with van der Waals surface area (Å²) in [5.41, 5.74) is 4.35. The second kappa shape index (κ2) is 8.16. The third-order valence-corrected chi connectivity index (χ3v) is 5.67. The average molecular weight is 399 g/mol. The molecule has 0 amide bonds. The van der Waals surface area contributed by atoms with Crippen molar-refractivity contribution >= 4 is 16.9 Å². The Morgan fingerprint density at radius 2 is 1.73 bits per heavy atom. The van der Waals surface area contributed by atoms with Crippen LogP contribution in [0.1, 0.15) is 5.56 Å². The molecule has 0 spiro atoms. The van der Waals surface area contributed by atoms with Gasteiger partial charge in [0.05, 0.1) is 18.1 Å². The number of hydrogen-bond donors (Lipinski definition) is 1. The first-order chi connectivity index (χ1) is 14.8. The van der Waals surface area contributed by atoms with Crippen LogP contribution in [-0.4, -0.2) is 53.1 Å². The van der Waals surface area contributed by atoms with Crippen LogP contribution in [0.5, 0.6) is 5.75 Å². The number of anilines is 1. The topological polar surface area (TPSA) is 57.3 Å². The summed E-state index contributed by atoms with van der Waals surface area (Å²) < 4.78 is 5.24. The van der Waals surface area contributed by atoms with E-state index in [0.29, 0.717) is 0 Å². The number of hydrogen-bond acceptors (Lipinski definition) is 5. The van der Waals surface area contributed by atoms with Crippen molar-refractivity contribution in [3.8, 4) is 17.1 Å². The molecule has 1 N–H and O–H groups in total. The summed E-state index contributed by atoms with van der Waals surface area (Å²) in [6.45, 7) is 4.98. The van der Waals surface area contributed by atoms with E-state index >= 15 is 0 Å². The van der Waals surface area contributed by atoms with E-state index in [9.17, 15) is 0 Å². The molecule has 30 heavy (non-hydrogen) atoms. The second-order valence-electron chi connectivity index (χ2n) is 7.62. The summed E-state index contributed by atoms with van der Waals surface area (Å²) in [6, 6.07) is 20.6. The molecule has 2 aromatic carbocycles. The van der Waals surface area contributed by atoms with Gasteiger partial charge in [-0.25, -0.2) is 9.97 Å². The first-order valence-electron chi connectivity index (χ1n) is 10.3. The van der Waals surface area contributed by atoms with Crippen LogP contribution < -0.4 is 9.64 Å². The Bertz CT molecular complexity index is 1080. The zero-order chi connectivity index (χ0) is 20.3. The fraction of sp³-hybridized carbons (Fsp3) is 0.250. The maximum Gasteiger partial charge on any atom is 0.140 e. The van der Waals surface area contributed by atoms with E-state index in [2.05, 4.69) is 44.0 Å². The molecular weight excluding hydrogens is 374 g/mol. The number of aromatic nitrogens is 3. The number of ether oxygens (including phenoxy) is 1. The van der Waals surface area contributed by atoms with Crippen molar-refractivity contribution in [2.45, 2.75) is 6.54 Å². The normalized spacial score (nSPS) is 14.9. The summed E-state index contributed by atoms with van der Waals surface area (Å²) >= 11 is 0. The number of H-pyrrole nitrogens is 1. The molecule has 1 aliphatic rings. The summed E-state index contributed by atoms with van der Waals surface area (Å²) in [5, 5.41) is 0. The summed E-state index contributed by atoms with van der Waals surface area (Å²) in [4.78, 5) is 17.6. The van der Waals surface area contributed by atoms with Crippen LogP contribution in [0.3, 0.4) is 0 Å². The maximum atomic E-state index is 5.24. The lowest BCUT2D eigenvalue weighted by Crippen LogP contribution is -2.46. The highest BCUT2D eigenvalue weighted by molar-refractivity contribution is 5.79. The Hall–Kier alpha value is -3.38. The Kier molecular flexibility index (Phi) is 5.07. The van der Waals surface area contributed by atoms with Crippen LogP contribution in [0, 0.1) is 0 Å². The van der Waals surface area contributed by atoms with Gasteiger partial charge in [-0.3, -0.25) is 4.90 Å². The highest BCUT2D eigenvalue weighted by Gasteiger charge is 2.18. The number of rotatable bonds is 5. The minimum Gasteiger partial charge on any atom is -0.497 e. The summed E-state index contributed by atoms with van der Waals surface area (Å²) in [7, 11) is 1.70. The van der Waals surface area contributed by atoms with E-state index in [1.54, 1.807) is 7.11 Å². The Labute approximate surface area is 176 Å². The molecule has 0 bridgehead atoms. The SMILES string of the molecule is COc1ccc(CN2CCN(c3ccc(-c4nc5ccccc5[nH]4)cn3)CC2)cc1. The van der Waals surface area contributed by atoms with Crippen molar-refractivity contribution in [1.82, 2.24) is 19.9 Å². The van der Waals surface area contributed by atoms with E-state index in [4.69, 9.17) is 9.72 Å². The van der Waals surface area contributed by atoms with Gasteiger partial charge in [-0.05, 0) is 42.0 Å². The monoisotopic (exact) mass is 399 g/mol. The average Bonchev–Trinajstić information content (AvgIpc) is 3.25. The Balaban J connectivity index is 1.20. The number of nitrogens with one attached hydrogen (secondary N) is 1. The van der Waals surface area contributed by atoms with Gasteiger partial charge in [0.25, 0.3) is 0 Å². The van der Waals surface area contributed by atoms with Crippen molar-refractivity contribution in [3.63, 3.8) is 0 Å². The third kappa shape index (κ3) is 3.86. The largest absolute Gasteiger partial charge is 0.497 e. The van der Waals surface area contributed by atoms with Gasteiger partial charge >= 0.3 is 0 Å². The fourth-order valence-corrected chi connectivity index (χ4v) is 3.93. The van der Waals surface area contributed by atoms with Crippen LogP contribution in [0.15, 0.2) is 66.9 Å². The summed E-state index contributed by atoms with van der Waals surface area (Å²) in [6.07, 6.45) is 1.91. The molecule has 0 aliphatic carbocycles. The van der Waals surface area contributed by atoms with E-state index in [1.807, 2.05) is 42.6 Å². The van der Waals surface area contributed by atoms with Gasteiger partial charge in [0, 0.05) is 44.5 Å². The zero-order valence-electron chi connectivity index (χ0n) is 17.1. The van der Waals surface area contributed by atoms with Crippen LogP contribution in [0.2, 0.25) is 0 Å². The van der Waals surface area contributed by atoms with Crippen LogP contribution in [0.25, 0.3) is 22.4 Å². The molecule has 3 heterocycles. The van der Waals surface area contributed by atoms with Crippen LogP contribution >= 0.6 is 0 Å². The molecule has 1 fully saturated rings. The van der Waals surface area contributed by atoms with Crippen molar-refractivity contribution in [3.05, 3.63) is 72.4 Å². The van der Waals surface area contributed by atoms with Gasteiger partial charge in [0.1, 0.15) is 17.4 Å². The van der Waals surface area contributed by atoms with Gasteiger partial charge in [0.15, 0.2) is 0 Å². The lowest BCUT2D eigenvalue weighted by atomic mass is 10.2. The molecule has 6 nitrogen and oxygen atoms in total. The molecule has 5 rings (SSSR count). The number of nitrogens with zero attached hydrogens (tertiary/aromatic N) is 4. The maximum absolute atomic E-state index is 5.24. The predicted molar refractivity (Wildman–Crippen MR) is 120 cm³/mol. The van der Waals surface area contributed by atoms with Gasteiger partial charge in [-0.1, -0.05) is 24.3 Å². The molecule has 0 atom stereocenters. The molecule has 6 heteroatoms. The first kappa shape index (κ1) is 18.6. The zero-order valence-corrected chi connectivity index (χ0v) is 17.1. The molecule has 152 valence electrons. The molecule has 1 aliphatic heterocycles. The van der Waals surface area contributed by atoms with E-state index in [-0.39, 0.29) is 0 Å². The van der Waals surface area contributed by atoms with Crippen LogP contribution in [-0.2, 0) is 6.54 Å². The van der Waals surface area contributed by atoms with Crippen molar-refractivity contribution in [1.29, 1.82) is 0 Å². The number of imidazole rings is 1. The number of methoxy groups -OCH3 is 1. The number of fused-ring (bicyclic) bond motifs is 1. The lowest BCUT2D eigenvalue weighted by Gasteiger charge is -2.35. The van der Waals surface area contributed by atoms with Gasteiger partial charge in [-0.15, -0.1) is 0 Å². The molecular formula is C24H25N5O. The summed E-state index contributed by atoms with van der Waals surface area (Å²) in [5.74, 6) is 2.79. The number of aromatic amines is 1. The van der Waals surface area contributed by atoms with Crippen molar-refractivity contribution in [2.24, 2.45) is 0 Å². The van der Waals surface area contributed by atoms with E-state index < -0.39 is 0 Å². The minimum atomic E-state index is 0.861. The van der Waals surface area contributed by atoms with Crippen LogP contribution in [0.4, 0.5) is 5.82 Å². The predicted octanol–water partition coefficient (Wildman–Crippen LogP) is 3.96. The third-order valence-electron chi connectivity index (χ3n) is 5.67. The highest BCUT2D eigenvalue weighted by atomic mass is 16.5. The first-order valence-corrected chi connectivity index (χ1v) is 10.3. The van der Waals surface area contributed by atoms with E-state index in [0.717, 1.165) is 66.7 Å². The van der Waals surface area contributed by atoms with Gasteiger partial charge in [-0.2, -0.15) is 0 Å². The number of pyridine rings is 1. The molecule has 0 saturated carbocycles. The second-order valence-corrected chi connectivity index (χ2v) is 7.62. The molecule has 1 saturated heterocycles. The number of benzene rings is 2. The molecule has 4 aromatic rings. The molecule has 0 unspecified atom stereocenters. The fourth-order valence-electron chi connectivity index (χ4n) is 3.93. The molecule has 0 radical (unpaired) electrons. The minimum absolute atomic E-state index is 0.861. The Morgan fingerprint density at radius 1 is 0.933 bits per heavy atom. The lowest BCUT2D eigenvalue weighted by molar-refractivity contribution is 0.249.